The van der Waals surface area contributed by atoms with E-state index in [0.29, 0.717) is 15.8 Å². The highest BCUT2D eigenvalue weighted by atomic mass is 79.9. The third-order valence-corrected chi connectivity index (χ3v) is 8.66. The van der Waals surface area contributed by atoms with Crippen LogP contribution in [0.1, 0.15) is 11.1 Å². The van der Waals surface area contributed by atoms with E-state index in [0.717, 1.165) is 28.1 Å². The van der Waals surface area contributed by atoms with Crippen molar-refractivity contribution in [3.05, 3.63) is 105 Å². The maximum atomic E-state index is 13.1. The number of ether oxygens (including phenoxy) is 1. The van der Waals surface area contributed by atoms with Gasteiger partial charge in [-0.1, -0.05) is 48.5 Å². The predicted octanol–water partition coefficient (Wildman–Crippen LogP) is 6.62. The zero-order valence-electron chi connectivity index (χ0n) is 20.0. The Balaban J connectivity index is 1.34. The molecule has 0 radical (unpaired) electrons. The first-order chi connectivity index (χ1) is 18.2. The van der Waals surface area contributed by atoms with Crippen LogP contribution < -0.4 is 8.92 Å². The fraction of sp³-hybridized carbons (Fsp3) is 0.0714. The number of carbonyl (C=O) groups is 2. The van der Waals surface area contributed by atoms with Gasteiger partial charge in [-0.05, 0) is 92.1 Å². The van der Waals surface area contributed by atoms with E-state index >= 15 is 0 Å². The smallest absolute Gasteiger partial charge is 0.339 e. The molecule has 10 heteroatoms. The molecule has 1 aliphatic rings. The van der Waals surface area contributed by atoms with E-state index < -0.39 is 10.1 Å². The van der Waals surface area contributed by atoms with E-state index in [9.17, 15) is 18.0 Å². The summed E-state index contributed by atoms with van der Waals surface area (Å²) in [6, 6.07) is 24.2. The Labute approximate surface area is 232 Å². The van der Waals surface area contributed by atoms with Crippen LogP contribution >= 0.6 is 27.7 Å². The fourth-order valence-electron chi connectivity index (χ4n) is 3.97. The van der Waals surface area contributed by atoms with Crippen molar-refractivity contribution in [2.45, 2.75) is 11.4 Å². The van der Waals surface area contributed by atoms with Crippen molar-refractivity contribution in [3.63, 3.8) is 0 Å². The molecule has 1 saturated heterocycles. The van der Waals surface area contributed by atoms with E-state index in [1.807, 2.05) is 42.5 Å². The number of carbonyl (C=O) groups excluding carboxylic acids is 2. The Kier molecular flexibility index (Phi) is 7.29. The third kappa shape index (κ3) is 5.33. The van der Waals surface area contributed by atoms with Crippen LogP contribution in [0.3, 0.4) is 0 Å². The maximum absolute atomic E-state index is 13.1. The van der Waals surface area contributed by atoms with E-state index in [1.54, 1.807) is 18.2 Å². The molecule has 0 N–H and O–H groups in total. The van der Waals surface area contributed by atoms with Gasteiger partial charge >= 0.3 is 10.1 Å². The molecule has 38 heavy (non-hydrogen) atoms. The van der Waals surface area contributed by atoms with Crippen molar-refractivity contribution in [2.24, 2.45) is 0 Å². The van der Waals surface area contributed by atoms with E-state index in [1.165, 1.54) is 42.3 Å². The first-order valence-corrected chi connectivity index (χ1v) is 14.4. The lowest BCUT2D eigenvalue weighted by Gasteiger charge is -2.14. The molecule has 1 fully saturated rings. The molecule has 4 aromatic rings. The summed E-state index contributed by atoms with van der Waals surface area (Å²) >= 11 is 4.21. The van der Waals surface area contributed by atoms with Gasteiger partial charge in [0.1, 0.15) is 10.6 Å². The van der Waals surface area contributed by atoms with Crippen LogP contribution in [-0.4, -0.2) is 31.6 Å². The van der Waals surface area contributed by atoms with Gasteiger partial charge in [0.25, 0.3) is 11.1 Å². The molecule has 2 amide bonds. The predicted molar refractivity (Wildman–Crippen MR) is 150 cm³/mol. The summed E-state index contributed by atoms with van der Waals surface area (Å²) < 4.78 is 36.1. The second-order valence-electron chi connectivity index (χ2n) is 8.31. The molecule has 0 bridgehead atoms. The minimum Gasteiger partial charge on any atom is -0.497 e. The summed E-state index contributed by atoms with van der Waals surface area (Å²) in [5, 5.41) is 1.68. The number of hydrogen-bond acceptors (Lipinski definition) is 7. The fourth-order valence-corrected chi connectivity index (χ4v) is 6.34. The molecule has 1 heterocycles. The summed E-state index contributed by atoms with van der Waals surface area (Å²) in [6.45, 7) is 0.170. The molecule has 0 unspecified atom stereocenters. The van der Waals surface area contributed by atoms with Gasteiger partial charge in [-0.2, -0.15) is 8.42 Å². The van der Waals surface area contributed by atoms with Crippen molar-refractivity contribution in [1.82, 2.24) is 4.90 Å². The number of benzene rings is 4. The lowest BCUT2D eigenvalue weighted by Crippen LogP contribution is -2.27. The van der Waals surface area contributed by atoms with Crippen molar-refractivity contribution in [1.29, 1.82) is 0 Å². The lowest BCUT2D eigenvalue weighted by atomic mass is 10.0. The van der Waals surface area contributed by atoms with Crippen LogP contribution in [0.5, 0.6) is 11.5 Å². The molecular formula is C28H20BrNO6S2. The number of thioether (sulfide) groups is 1. The first kappa shape index (κ1) is 26.0. The molecular weight excluding hydrogens is 590 g/mol. The molecule has 5 rings (SSSR count). The number of nitrogens with zero attached hydrogens (tertiary/aromatic N) is 1. The summed E-state index contributed by atoms with van der Waals surface area (Å²) in [7, 11) is -2.59. The molecule has 0 aliphatic carbocycles. The molecule has 0 saturated carbocycles. The minimum atomic E-state index is -4.08. The zero-order chi connectivity index (χ0) is 26.9. The molecule has 1 aliphatic heterocycles. The topological polar surface area (TPSA) is 90.0 Å². The third-order valence-electron chi connectivity index (χ3n) is 5.88. The molecule has 192 valence electrons. The quantitative estimate of drug-likeness (QED) is 0.172. The number of methoxy groups -OCH3 is 1. The van der Waals surface area contributed by atoms with Gasteiger partial charge in [0.05, 0.1) is 23.0 Å². The van der Waals surface area contributed by atoms with Crippen LogP contribution in [0.4, 0.5) is 4.79 Å². The van der Waals surface area contributed by atoms with E-state index in [4.69, 9.17) is 8.92 Å². The van der Waals surface area contributed by atoms with Crippen molar-refractivity contribution >= 4 is 65.8 Å². The number of imide groups is 1. The number of rotatable bonds is 7. The maximum Gasteiger partial charge on any atom is 0.339 e. The number of fused-ring (bicyclic) bond motifs is 1. The number of amides is 2. The van der Waals surface area contributed by atoms with Crippen LogP contribution in [0, 0.1) is 0 Å². The molecule has 0 aromatic heterocycles. The van der Waals surface area contributed by atoms with Gasteiger partial charge in [0, 0.05) is 0 Å². The van der Waals surface area contributed by atoms with Crippen molar-refractivity contribution in [2.75, 3.05) is 7.11 Å². The van der Waals surface area contributed by atoms with Gasteiger partial charge in [-0.15, -0.1) is 0 Å². The Morgan fingerprint density at radius 1 is 0.947 bits per heavy atom. The highest BCUT2D eigenvalue weighted by Crippen LogP contribution is 2.36. The van der Waals surface area contributed by atoms with Crippen molar-refractivity contribution < 1.29 is 26.9 Å². The zero-order valence-corrected chi connectivity index (χ0v) is 23.2. The van der Waals surface area contributed by atoms with E-state index in [-0.39, 0.29) is 33.2 Å². The molecule has 0 spiro atoms. The molecule has 0 atom stereocenters. The van der Waals surface area contributed by atoms with Crippen LogP contribution in [0.25, 0.3) is 16.8 Å². The summed E-state index contributed by atoms with van der Waals surface area (Å²) in [5.41, 5.74) is 1.48. The van der Waals surface area contributed by atoms with Crippen LogP contribution in [0.2, 0.25) is 0 Å². The number of hydrogen-bond donors (Lipinski definition) is 0. The van der Waals surface area contributed by atoms with Gasteiger partial charge in [-0.3, -0.25) is 14.5 Å². The van der Waals surface area contributed by atoms with Crippen LogP contribution in [-0.2, 0) is 21.5 Å². The SMILES string of the molecule is COc1ccc(S(=O)(=O)Oc2ccc(/C=C3\SC(=O)N(Cc4cccc5ccccc45)C3=O)cc2Br)cc1. The minimum absolute atomic E-state index is 0.0193. The summed E-state index contributed by atoms with van der Waals surface area (Å²) in [4.78, 5) is 27.3. The van der Waals surface area contributed by atoms with Gasteiger partial charge < -0.3 is 8.92 Å². The Hall–Kier alpha value is -3.60. The molecule has 4 aromatic carbocycles. The number of halogens is 1. The van der Waals surface area contributed by atoms with Crippen molar-refractivity contribution in [3.8, 4) is 11.5 Å². The van der Waals surface area contributed by atoms with Gasteiger partial charge in [-0.25, -0.2) is 0 Å². The Bertz CT molecular complexity index is 1700. The summed E-state index contributed by atoms with van der Waals surface area (Å²) in [6.07, 6.45) is 1.60. The average molecular weight is 611 g/mol. The van der Waals surface area contributed by atoms with E-state index in [2.05, 4.69) is 15.9 Å². The Morgan fingerprint density at radius 2 is 1.68 bits per heavy atom. The average Bonchev–Trinajstić information content (AvgIpc) is 3.17. The van der Waals surface area contributed by atoms with Gasteiger partial charge in [0.15, 0.2) is 5.75 Å². The standard InChI is InChI=1S/C28H20BrNO6S2/c1-35-21-10-12-22(13-11-21)38(33,34)36-25-14-9-18(15-24(25)29)16-26-27(31)30(28(32)37-26)17-20-7-4-6-19-5-2-3-8-23(19)20/h2-16H,17H2,1H3/b26-16-. The summed E-state index contributed by atoms with van der Waals surface area (Å²) in [5.74, 6) is 0.226. The lowest BCUT2D eigenvalue weighted by molar-refractivity contribution is -0.123. The largest absolute Gasteiger partial charge is 0.497 e. The highest BCUT2D eigenvalue weighted by Gasteiger charge is 2.35. The Morgan fingerprint density at radius 3 is 2.42 bits per heavy atom. The second kappa shape index (κ2) is 10.6. The van der Waals surface area contributed by atoms with Crippen LogP contribution in [0.15, 0.2) is 99.2 Å². The monoisotopic (exact) mass is 609 g/mol. The second-order valence-corrected chi connectivity index (χ2v) is 11.7. The van der Waals surface area contributed by atoms with Gasteiger partial charge in [0.2, 0.25) is 0 Å². The first-order valence-electron chi connectivity index (χ1n) is 11.4. The highest BCUT2D eigenvalue weighted by molar-refractivity contribution is 9.10. The normalized spacial score (nSPS) is 14.9. The molecule has 7 nitrogen and oxygen atoms in total.